The highest BCUT2D eigenvalue weighted by Gasteiger charge is 2.24. The molecule has 0 atom stereocenters. The van der Waals surface area contributed by atoms with Gasteiger partial charge in [0.1, 0.15) is 0 Å². The highest BCUT2D eigenvalue weighted by Crippen LogP contribution is 2.24. The van der Waals surface area contributed by atoms with Gasteiger partial charge in [0.25, 0.3) is 5.91 Å². The zero-order valence-electron chi connectivity index (χ0n) is 17.0. The van der Waals surface area contributed by atoms with E-state index in [2.05, 4.69) is 24.3 Å². The number of piperidine rings is 1. The van der Waals surface area contributed by atoms with Crippen LogP contribution in [-0.2, 0) is 17.6 Å². The summed E-state index contributed by atoms with van der Waals surface area (Å²) in [5.41, 5.74) is 3.44. The first kappa shape index (κ1) is 20.1. The first-order valence-electron chi connectivity index (χ1n) is 10.9. The van der Waals surface area contributed by atoms with Gasteiger partial charge in [-0.25, -0.2) is 0 Å². The molecule has 2 amide bonds. The molecule has 0 bridgehead atoms. The molecule has 2 aliphatic rings. The molecule has 0 saturated carbocycles. The van der Waals surface area contributed by atoms with Crippen molar-refractivity contribution >= 4 is 23.2 Å². The van der Waals surface area contributed by atoms with E-state index in [4.69, 9.17) is 0 Å². The number of benzene rings is 1. The van der Waals surface area contributed by atoms with Crippen LogP contribution in [0.3, 0.4) is 0 Å². The average Bonchev–Trinajstić information content (AvgIpc) is 3.47. The number of aryl methyl sites for hydroxylation is 1. The number of carbonyl (C=O) groups excluding carboxylic acids is 2. The van der Waals surface area contributed by atoms with Gasteiger partial charge in [-0.3, -0.25) is 9.59 Å². The third-order valence-electron chi connectivity index (χ3n) is 6.30. The molecule has 0 spiro atoms. The Bertz CT molecular complexity index is 802. The third-order valence-corrected chi connectivity index (χ3v) is 6.99. The van der Waals surface area contributed by atoms with Crippen molar-refractivity contribution < 1.29 is 9.59 Å². The van der Waals surface area contributed by atoms with Crippen molar-refractivity contribution in [2.24, 2.45) is 5.92 Å². The number of amides is 2. The molecule has 3 heterocycles. The van der Waals surface area contributed by atoms with E-state index in [0.29, 0.717) is 18.2 Å². The number of thiophene rings is 1. The molecule has 2 saturated heterocycles. The second kappa shape index (κ2) is 9.57. The lowest BCUT2D eigenvalue weighted by Gasteiger charge is -2.32. The topological polar surface area (TPSA) is 40.6 Å². The Balaban J connectivity index is 1.21. The molecule has 4 rings (SSSR count). The summed E-state index contributed by atoms with van der Waals surface area (Å²) >= 11 is 1.58. The maximum absolute atomic E-state index is 12.5. The maximum atomic E-state index is 12.5. The first-order valence-corrected chi connectivity index (χ1v) is 11.8. The van der Waals surface area contributed by atoms with Gasteiger partial charge in [0.05, 0.1) is 5.56 Å². The monoisotopic (exact) mass is 410 g/mol. The number of rotatable bonds is 6. The van der Waals surface area contributed by atoms with Gasteiger partial charge < -0.3 is 9.80 Å². The van der Waals surface area contributed by atoms with Gasteiger partial charge in [0.2, 0.25) is 5.91 Å². The molecule has 2 fully saturated rings. The number of nitrogens with zero attached hydrogens (tertiary/aromatic N) is 2. The highest BCUT2D eigenvalue weighted by atomic mass is 32.1. The average molecular weight is 411 g/mol. The summed E-state index contributed by atoms with van der Waals surface area (Å²) in [7, 11) is 0. The minimum atomic E-state index is 0.178. The Morgan fingerprint density at radius 1 is 0.897 bits per heavy atom. The van der Waals surface area contributed by atoms with E-state index in [9.17, 15) is 9.59 Å². The fraction of sp³-hybridized carbons (Fsp3) is 0.500. The van der Waals surface area contributed by atoms with Crippen LogP contribution in [0.2, 0.25) is 0 Å². The Morgan fingerprint density at radius 3 is 2.24 bits per heavy atom. The summed E-state index contributed by atoms with van der Waals surface area (Å²) in [6.45, 7) is 3.59. The van der Waals surface area contributed by atoms with Gasteiger partial charge in [-0.15, -0.1) is 0 Å². The summed E-state index contributed by atoms with van der Waals surface area (Å²) < 4.78 is 0. The van der Waals surface area contributed by atoms with Crippen molar-refractivity contribution in [1.29, 1.82) is 0 Å². The van der Waals surface area contributed by atoms with Gasteiger partial charge in [-0.1, -0.05) is 24.3 Å². The van der Waals surface area contributed by atoms with Gasteiger partial charge >= 0.3 is 0 Å². The quantitative estimate of drug-likeness (QED) is 0.708. The summed E-state index contributed by atoms with van der Waals surface area (Å²) in [5.74, 6) is 1.12. The zero-order valence-corrected chi connectivity index (χ0v) is 17.8. The van der Waals surface area contributed by atoms with Crippen LogP contribution in [0.25, 0.3) is 0 Å². The van der Waals surface area contributed by atoms with E-state index in [1.807, 2.05) is 26.6 Å². The Labute approximate surface area is 177 Å². The van der Waals surface area contributed by atoms with Gasteiger partial charge in [-0.2, -0.15) is 11.3 Å². The third kappa shape index (κ3) is 5.27. The molecule has 2 aliphatic heterocycles. The highest BCUT2D eigenvalue weighted by molar-refractivity contribution is 7.08. The van der Waals surface area contributed by atoms with Crippen LogP contribution in [0, 0.1) is 5.92 Å². The molecule has 0 aliphatic carbocycles. The molecule has 1 aromatic carbocycles. The van der Waals surface area contributed by atoms with Gasteiger partial charge in [-0.05, 0) is 67.0 Å². The normalized spacial score (nSPS) is 17.7. The fourth-order valence-electron chi connectivity index (χ4n) is 4.46. The largest absolute Gasteiger partial charge is 0.343 e. The van der Waals surface area contributed by atoms with E-state index in [1.165, 1.54) is 11.1 Å². The predicted molar refractivity (Wildman–Crippen MR) is 117 cm³/mol. The van der Waals surface area contributed by atoms with Crippen LogP contribution >= 0.6 is 11.3 Å². The predicted octanol–water partition coefficient (Wildman–Crippen LogP) is 4.40. The number of carbonyl (C=O) groups is 2. The molecule has 0 unspecified atom stereocenters. The van der Waals surface area contributed by atoms with E-state index in [-0.39, 0.29) is 5.91 Å². The van der Waals surface area contributed by atoms with Crippen molar-refractivity contribution in [3.05, 3.63) is 57.8 Å². The van der Waals surface area contributed by atoms with Crippen LogP contribution in [0.1, 0.15) is 53.6 Å². The molecule has 5 heteroatoms. The molecule has 1 aromatic heterocycles. The van der Waals surface area contributed by atoms with Crippen LogP contribution in [0.5, 0.6) is 0 Å². The lowest BCUT2D eigenvalue weighted by Crippen LogP contribution is -2.38. The van der Waals surface area contributed by atoms with Crippen LogP contribution in [-0.4, -0.2) is 47.8 Å². The van der Waals surface area contributed by atoms with Crippen molar-refractivity contribution in [3.8, 4) is 0 Å². The first-order chi connectivity index (χ1) is 14.2. The van der Waals surface area contributed by atoms with Crippen molar-refractivity contribution in [2.75, 3.05) is 26.2 Å². The summed E-state index contributed by atoms with van der Waals surface area (Å²) in [5, 5.41) is 3.90. The summed E-state index contributed by atoms with van der Waals surface area (Å²) in [4.78, 5) is 28.7. The summed E-state index contributed by atoms with van der Waals surface area (Å²) in [6.07, 6.45) is 6.98. The zero-order chi connectivity index (χ0) is 20.1. The molecular weight excluding hydrogens is 380 g/mol. The van der Waals surface area contributed by atoms with Gasteiger partial charge in [0, 0.05) is 38.0 Å². The molecule has 4 nitrogen and oxygen atoms in total. The number of likely N-dealkylation sites (tertiary alicyclic amines) is 2. The SMILES string of the molecule is O=C(CCc1ccc(CC2CCN(C(=O)c3ccsc3)CC2)cc1)N1CCCC1. The van der Waals surface area contributed by atoms with Crippen molar-refractivity contribution in [1.82, 2.24) is 9.80 Å². The molecule has 0 radical (unpaired) electrons. The fourth-order valence-corrected chi connectivity index (χ4v) is 5.09. The second-order valence-corrected chi connectivity index (χ2v) is 9.14. The Kier molecular flexibility index (Phi) is 6.65. The van der Waals surface area contributed by atoms with Gasteiger partial charge in [0.15, 0.2) is 0 Å². The molecule has 29 heavy (non-hydrogen) atoms. The van der Waals surface area contributed by atoms with E-state index in [1.54, 1.807) is 11.3 Å². The van der Waals surface area contributed by atoms with Crippen molar-refractivity contribution in [3.63, 3.8) is 0 Å². The lowest BCUT2D eigenvalue weighted by molar-refractivity contribution is -0.130. The minimum Gasteiger partial charge on any atom is -0.343 e. The number of hydrogen-bond donors (Lipinski definition) is 0. The summed E-state index contributed by atoms with van der Waals surface area (Å²) in [6, 6.07) is 10.7. The molecule has 0 N–H and O–H groups in total. The second-order valence-electron chi connectivity index (χ2n) is 8.36. The molecule has 2 aromatic rings. The maximum Gasteiger partial charge on any atom is 0.254 e. The molecule has 154 valence electrons. The number of hydrogen-bond acceptors (Lipinski definition) is 3. The van der Waals surface area contributed by atoms with E-state index < -0.39 is 0 Å². The minimum absolute atomic E-state index is 0.178. The van der Waals surface area contributed by atoms with Crippen molar-refractivity contribution in [2.45, 2.75) is 44.9 Å². The Morgan fingerprint density at radius 2 is 1.59 bits per heavy atom. The smallest absolute Gasteiger partial charge is 0.254 e. The molecular formula is C24H30N2O2S. The standard InChI is InChI=1S/C24H30N2O2S/c27-23(25-12-1-2-13-25)8-7-19-3-5-20(6-4-19)17-21-9-14-26(15-10-21)24(28)22-11-16-29-18-22/h3-6,11,16,18,21H,1-2,7-10,12-15,17H2. The van der Waals surface area contributed by atoms with Crippen LogP contribution in [0.4, 0.5) is 0 Å². The van der Waals surface area contributed by atoms with E-state index in [0.717, 1.165) is 70.3 Å². The Hall–Kier alpha value is -2.14. The van der Waals surface area contributed by atoms with Crippen LogP contribution < -0.4 is 0 Å². The lowest BCUT2D eigenvalue weighted by atomic mass is 9.89. The van der Waals surface area contributed by atoms with E-state index >= 15 is 0 Å². The van der Waals surface area contributed by atoms with Crippen LogP contribution in [0.15, 0.2) is 41.1 Å².